The van der Waals surface area contributed by atoms with E-state index in [9.17, 15) is 4.79 Å². The molecule has 2 nitrogen and oxygen atoms in total. The molecular formula is C21H26O2. The Morgan fingerprint density at radius 1 is 0.957 bits per heavy atom. The third-order valence-electron chi connectivity index (χ3n) is 5.81. The molecule has 0 radical (unpaired) electrons. The third kappa shape index (κ3) is 2.48. The van der Waals surface area contributed by atoms with Gasteiger partial charge in [0, 0.05) is 5.92 Å². The van der Waals surface area contributed by atoms with Gasteiger partial charge < -0.3 is 4.74 Å². The molecule has 4 atom stereocenters. The monoisotopic (exact) mass is 310 g/mol. The molecular weight excluding hydrogens is 284 g/mol. The van der Waals surface area contributed by atoms with Crippen molar-refractivity contribution in [2.45, 2.75) is 64.1 Å². The lowest BCUT2D eigenvalue weighted by atomic mass is 9.77. The molecule has 1 aromatic rings. The molecule has 3 aliphatic rings. The Labute approximate surface area is 138 Å². The predicted molar refractivity (Wildman–Crippen MR) is 91.1 cm³/mol. The Kier molecular flexibility index (Phi) is 4.11. The minimum Gasteiger partial charge on any atom is -0.364 e. The first-order valence-electron chi connectivity index (χ1n) is 9.30. The second-order valence-corrected chi connectivity index (χ2v) is 7.28. The van der Waals surface area contributed by atoms with E-state index in [2.05, 4.69) is 37.3 Å². The Morgan fingerprint density at radius 2 is 1.65 bits per heavy atom. The van der Waals surface area contributed by atoms with Crippen LogP contribution in [0, 0.1) is 11.8 Å². The summed E-state index contributed by atoms with van der Waals surface area (Å²) in [5.74, 6) is 0.716. The van der Waals surface area contributed by atoms with Gasteiger partial charge in [0.2, 0.25) is 0 Å². The summed E-state index contributed by atoms with van der Waals surface area (Å²) in [6.45, 7) is 2.25. The Morgan fingerprint density at radius 3 is 2.43 bits per heavy atom. The highest BCUT2D eigenvalue weighted by molar-refractivity contribution is 6.01. The maximum Gasteiger partial charge on any atom is 0.165 e. The van der Waals surface area contributed by atoms with Crippen LogP contribution in [-0.2, 0) is 9.53 Å². The molecule has 2 heteroatoms. The van der Waals surface area contributed by atoms with Crippen LogP contribution in [0.25, 0.3) is 0 Å². The quantitative estimate of drug-likeness (QED) is 0.638. The highest BCUT2D eigenvalue weighted by Gasteiger charge is 2.57. The van der Waals surface area contributed by atoms with Crippen molar-refractivity contribution < 1.29 is 9.53 Å². The van der Waals surface area contributed by atoms with Crippen molar-refractivity contribution >= 4 is 5.78 Å². The van der Waals surface area contributed by atoms with Gasteiger partial charge in [-0.25, -0.2) is 0 Å². The first kappa shape index (κ1) is 15.1. The maximum absolute atomic E-state index is 12.8. The number of benzene rings is 1. The van der Waals surface area contributed by atoms with Gasteiger partial charge in [0.05, 0.1) is 18.1 Å². The van der Waals surface area contributed by atoms with E-state index in [4.69, 9.17) is 4.74 Å². The Hall–Kier alpha value is -1.41. The maximum atomic E-state index is 12.8. The summed E-state index contributed by atoms with van der Waals surface area (Å²) < 4.78 is 6.13. The molecule has 0 spiro atoms. The van der Waals surface area contributed by atoms with Crippen LogP contribution in [-0.4, -0.2) is 5.78 Å². The van der Waals surface area contributed by atoms with E-state index in [1.807, 2.05) is 0 Å². The average Bonchev–Trinajstić information content (AvgIpc) is 3.22. The van der Waals surface area contributed by atoms with Crippen LogP contribution in [0.3, 0.4) is 0 Å². The molecule has 0 amide bonds. The number of rotatable bonds is 7. The van der Waals surface area contributed by atoms with E-state index in [1.165, 1.54) is 43.2 Å². The molecule has 0 N–H and O–H groups in total. The van der Waals surface area contributed by atoms with E-state index in [0.29, 0.717) is 5.78 Å². The molecule has 1 aromatic carbocycles. The summed E-state index contributed by atoms with van der Waals surface area (Å²) in [4.78, 5) is 12.8. The smallest absolute Gasteiger partial charge is 0.165 e. The Balaban J connectivity index is 1.39. The SMILES string of the molecule is CCCCCCCCC1=C[C@@H]2[C@H](C1=O)[C@@H]1O[C@H]2c2ccccc21. The molecule has 2 heterocycles. The fraction of sp³-hybridized carbons (Fsp3) is 0.571. The fourth-order valence-corrected chi connectivity index (χ4v) is 4.63. The summed E-state index contributed by atoms with van der Waals surface area (Å²) >= 11 is 0. The molecule has 0 unspecified atom stereocenters. The van der Waals surface area contributed by atoms with Crippen molar-refractivity contribution in [3.63, 3.8) is 0 Å². The minimum absolute atomic E-state index is 0.00649. The van der Waals surface area contributed by atoms with Crippen LogP contribution in [0.5, 0.6) is 0 Å². The number of hydrogen-bond acceptors (Lipinski definition) is 2. The first-order valence-corrected chi connectivity index (χ1v) is 9.30. The van der Waals surface area contributed by atoms with Crippen molar-refractivity contribution in [1.82, 2.24) is 0 Å². The number of fused-ring (bicyclic) bond motifs is 8. The van der Waals surface area contributed by atoms with Gasteiger partial charge in [0.25, 0.3) is 0 Å². The van der Waals surface area contributed by atoms with Crippen molar-refractivity contribution in [3.8, 4) is 0 Å². The van der Waals surface area contributed by atoms with Gasteiger partial charge >= 0.3 is 0 Å². The molecule has 1 fully saturated rings. The highest BCUT2D eigenvalue weighted by Crippen LogP contribution is 2.60. The molecule has 1 aliphatic carbocycles. The average molecular weight is 310 g/mol. The fourth-order valence-electron chi connectivity index (χ4n) is 4.63. The highest BCUT2D eigenvalue weighted by atomic mass is 16.5. The number of allylic oxidation sites excluding steroid dienone is 1. The molecule has 0 saturated carbocycles. The van der Waals surface area contributed by atoms with Crippen LogP contribution in [0.2, 0.25) is 0 Å². The van der Waals surface area contributed by atoms with Gasteiger partial charge in [-0.15, -0.1) is 0 Å². The van der Waals surface area contributed by atoms with Crippen LogP contribution in [0.15, 0.2) is 35.9 Å². The number of ether oxygens (including phenoxy) is 1. The zero-order valence-electron chi connectivity index (χ0n) is 14.0. The summed E-state index contributed by atoms with van der Waals surface area (Å²) in [7, 11) is 0. The minimum atomic E-state index is 0.00649. The van der Waals surface area contributed by atoms with Crippen LogP contribution >= 0.6 is 0 Å². The van der Waals surface area contributed by atoms with Crippen LogP contribution in [0.4, 0.5) is 0 Å². The third-order valence-corrected chi connectivity index (χ3v) is 5.81. The van der Waals surface area contributed by atoms with Crippen molar-refractivity contribution in [2.24, 2.45) is 11.8 Å². The van der Waals surface area contributed by atoms with Crippen molar-refractivity contribution in [3.05, 3.63) is 47.0 Å². The zero-order chi connectivity index (χ0) is 15.8. The van der Waals surface area contributed by atoms with Crippen LogP contribution < -0.4 is 0 Å². The standard InChI is InChI=1S/C21H26O2/c1-2-3-4-5-6-7-10-14-13-17-18(19(14)22)21-16-12-9-8-11-15(16)20(17)23-21/h8-9,11-13,17-18,20-21H,2-7,10H2,1H3/t17-,18-,20+,21-/m1/s1. The van der Waals surface area contributed by atoms with E-state index in [-0.39, 0.29) is 24.0 Å². The molecule has 4 rings (SSSR count). The van der Waals surface area contributed by atoms with Crippen molar-refractivity contribution in [2.75, 3.05) is 0 Å². The summed E-state index contributed by atoms with van der Waals surface area (Å²) in [6.07, 6.45) is 11.0. The van der Waals surface area contributed by atoms with Gasteiger partial charge in [-0.1, -0.05) is 69.4 Å². The second kappa shape index (κ2) is 6.24. The number of carbonyl (C=O) groups is 1. The lowest BCUT2D eigenvalue weighted by Crippen LogP contribution is -2.23. The predicted octanol–water partition coefficient (Wildman–Crippen LogP) is 5.30. The van der Waals surface area contributed by atoms with Gasteiger partial charge in [0.15, 0.2) is 5.78 Å². The zero-order valence-corrected chi connectivity index (χ0v) is 14.0. The molecule has 0 aromatic heterocycles. The number of unbranched alkanes of at least 4 members (excludes halogenated alkanes) is 5. The van der Waals surface area contributed by atoms with Gasteiger partial charge in [-0.2, -0.15) is 0 Å². The molecule has 23 heavy (non-hydrogen) atoms. The summed E-state index contributed by atoms with van der Waals surface area (Å²) in [6, 6.07) is 8.44. The van der Waals surface area contributed by atoms with Crippen molar-refractivity contribution in [1.29, 1.82) is 0 Å². The van der Waals surface area contributed by atoms with E-state index >= 15 is 0 Å². The normalized spacial score (nSPS) is 30.5. The molecule has 2 aliphatic heterocycles. The lowest BCUT2D eigenvalue weighted by molar-refractivity contribution is -0.120. The number of ketones is 1. The second-order valence-electron chi connectivity index (χ2n) is 7.28. The number of hydrogen-bond donors (Lipinski definition) is 0. The first-order chi connectivity index (χ1) is 11.3. The molecule has 2 bridgehead atoms. The molecule has 122 valence electrons. The van der Waals surface area contributed by atoms with Gasteiger partial charge in [-0.3, -0.25) is 4.79 Å². The van der Waals surface area contributed by atoms with Gasteiger partial charge in [0.1, 0.15) is 0 Å². The topological polar surface area (TPSA) is 26.3 Å². The lowest BCUT2D eigenvalue weighted by Gasteiger charge is -2.21. The number of Topliss-reactive ketones (excluding diaryl/α,β-unsaturated/α-hetero) is 1. The summed E-state index contributed by atoms with van der Waals surface area (Å²) in [5.41, 5.74) is 3.64. The van der Waals surface area contributed by atoms with Gasteiger partial charge in [-0.05, 0) is 29.5 Å². The summed E-state index contributed by atoms with van der Waals surface area (Å²) in [5, 5.41) is 0. The Bertz CT molecular complexity index is 630. The number of carbonyl (C=O) groups excluding carboxylic acids is 1. The largest absolute Gasteiger partial charge is 0.364 e. The van der Waals surface area contributed by atoms with E-state index < -0.39 is 0 Å². The van der Waals surface area contributed by atoms with E-state index in [0.717, 1.165) is 18.4 Å². The molecule has 1 saturated heterocycles. The van der Waals surface area contributed by atoms with Crippen LogP contribution in [0.1, 0.15) is 75.2 Å². The van der Waals surface area contributed by atoms with E-state index in [1.54, 1.807) is 0 Å².